The minimum atomic E-state index is -0.653. The summed E-state index contributed by atoms with van der Waals surface area (Å²) in [5.41, 5.74) is 1.46. The second kappa shape index (κ2) is 8.60. The highest BCUT2D eigenvalue weighted by Gasteiger charge is 2.23. The number of amides is 1. The van der Waals surface area contributed by atoms with Gasteiger partial charge < -0.3 is 14.4 Å². The predicted octanol–water partition coefficient (Wildman–Crippen LogP) is 4.06. The molecule has 3 aromatic rings. The number of hydrogen-bond acceptors (Lipinski definition) is 6. The first-order valence-electron chi connectivity index (χ1n) is 8.12. The van der Waals surface area contributed by atoms with Crippen molar-refractivity contribution < 1.29 is 23.5 Å². The average Bonchev–Trinajstić information content (AvgIpc) is 3.28. The van der Waals surface area contributed by atoms with Gasteiger partial charge >= 0.3 is 5.97 Å². The van der Waals surface area contributed by atoms with Gasteiger partial charge in [0.05, 0.1) is 6.61 Å². The number of halogens is 1. The molecule has 8 heteroatoms. The van der Waals surface area contributed by atoms with Crippen LogP contribution in [0, 0.1) is 5.82 Å². The molecule has 0 spiro atoms. The molecule has 0 fully saturated rings. The number of esters is 1. The number of benzene rings is 1. The zero-order valence-corrected chi connectivity index (χ0v) is 16.5. The van der Waals surface area contributed by atoms with Crippen LogP contribution in [-0.4, -0.2) is 37.5 Å². The van der Waals surface area contributed by atoms with E-state index in [-0.39, 0.29) is 24.0 Å². The van der Waals surface area contributed by atoms with Crippen molar-refractivity contribution >= 4 is 44.6 Å². The van der Waals surface area contributed by atoms with Gasteiger partial charge in [-0.1, -0.05) is 6.07 Å². The SMILES string of the molecule is COCc1c(C(=O)OCC(=O)N(C)Cc2ccsc2)sc2cccc(F)c12. The van der Waals surface area contributed by atoms with Crippen molar-refractivity contribution in [2.75, 3.05) is 20.8 Å². The number of methoxy groups -OCH3 is 1. The van der Waals surface area contributed by atoms with E-state index in [9.17, 15) is 14.0 Å². The zero-order valence-electron chi connectivity index (χ0n) is 14.9. The van der Waals surface area contributed by atoms with Gasteiger partial charge in [0.25, 0.3) is 5.91 Å². The molecule has 0 saturated carbocycles. The Morgan fingerprint density at radius 2 is 2.07 bits per heavy atom. The van der Waals surface area contributed by atoms with Crippen LogP contribution in [0.3, 0.4) is 0 Å². The third kappa shape index (κ3) is 4.35. The summed E-state index contributed by atoms with van der Waals surface area (Å²) < 4.78 is 25.1. The van der Waals surface area contributed by atoms with E-state index in [2.05, 4.69) is 0 Å². The van der Waals surface area contributed by atoms with Crippen LogP contribution in [-0.2, 0) is 27.4 Å². The van der Waals surface area contributed by atoms with Crippen LogP contribution in [0.1, 0.15) is 20.8 Å². The summed E-state index contributed by atoms with van der Waals surface area (Å²) >= 11 is 2.69. The van der Waals surface area contributed by atoms with Crippen molar-refractivity contribution in [2.45, 2.75) is 13.2 Å². The molecule has 2 heterocycles. The first-order chi connectivity index (χ1) is 13.0. The number of fused-ring (bicyclic) bond motifs is 1. The molecule has 0 aliphatic carbocycles. The molecule has 0 bridgehead atoms. The largest absolute Gasteiger partial charge is 0.451 e. The lowest BCUT2D eigenvalue weighted by atomic mass is 10.1. The molecule has 5 nitrogen and oxygen atoms in total. The zero-order chi connectivity index (χ0) is 19.4. The fraction of sp³-hybridized carbons (Fsp3) is 0.263. The molecule has 0 aliphatic heterocycles. The maximum atomic E-state index is 14.2. The number of rotatable bonds is 7. The van der Waals surface area contributed by atoms with Gasteiger partial charge in [-0.05, 0) is 34.5 Å². The summed E-state index contributed by atoms with van der Waals surface area (Å²) in [4.78, 5) is 26.5. The van der Waals surface area contributed by atoms with Gasteiger partial charge in [-0.25, -0.2) is 9.18 Å². The minimum Gasteiger partial charge on any atom is -0.451 e. The normalized spacial score (nSPS) is 10.9. The fourth-order valence-electron chi connectivity index (χ4n) is 2.66. The summed E-state index contributed by atoms with van der Waals surface area (Å²) in [6, 6.07) is 6.59. The maximum Gasteiger partial charge on any atom is 0.349 e. The monoisotopic (exact) mass is 407 g/mol. The van der Waals surface area contributed by atoms with Crippen LogP contribution in [0.25, 0.3) is 10.1 Å². The Hall–Kier alpha value is -2.29. The number of nitrogens with zero attached hydrogens (tertiary/aromatic N) is 1. The van der Waals surface area contributed by atoms with Crippen LogP contribution >= 0.6 is 22.7 Å². The van der Waals surface area contributed by atoms with Crippen molar-refractivity contribution in [1.82, 2.24) is 4.90 Å². The van der Waals surface area contributed by atoms with Gasteiger partial charge in [0.15, 0.2) is 6.61 Å². The summed E-state index contributed by atoms with van der Waals surface area (Å²) in [6.07, 6.45) is 0. The van der Waals surface area contributed by atoms with E-state index in [1.165, 1.54) is 18.1 Å². The lowest BCUT2D eigenvalue weighted by Crippen LogP contribution is -2.30. The second-order valence-corrected chi connectivity index (χ2v) is 7.75. The Bertz CT molecular complexity index is 952. The van der Waals surface area contributed by atoms with Crippen LogP contribution < -0.4 is 0 Å². The second-order valence-electron chi connectivity index (χ2n) is 5.91. The Morgan fingerprint density at radius 1 is 1.26 bits per heavy atom. The Balaban J connectivity index is 1.71. The van der Waals surface area contributed by atoms with E-state index in [4.69, 9.17) is 9.47 Å². The van der Waals surface area contributed by atoms with E-state index in [0.717, 1.165) is 16.9 Å². The first kappa shape index (κ1) is 19.5. The van der Waals surface area contributed by atoms with Gasteiger partial charge in [0.2, 0.25) is 0 Å². The van der Waals surface area contributed by atoms with Gasteiger partial charge in [-0.2, -0.15) is 11.3 Å². The summed E-state index contributed by atoms with van der Waals surface area (Å²) in [6.45, 7) is 0.156. The van der Waals surface area contributed by atoms with Crippen LogP contribution in [0.5, 0.6) is 0 Å². The summed E-state index contributed by atoms with van der Waals surface area (Å²) in [5, 5.41) is 4.25. The lowest BCUT2D eigenvalue weighted by Gasteiger charge is -2.16. The standard InChI is InChI=1S/C19H18FNO4S2/c1-21(8-12-6-7-26-11-12)16(22)10-25-19(23)18-13(9-24-2)17-14(20)4-3-5-15(17)27-18/h3-7,11H,8-10H2,1-2H3. The molecular formula is C19H18FNO4S2. The third-order valence-corrected chi connectivity index (χ3v) is 5.90. The molecule has 0 radical (unpaired) electrons. The number of likely N-dealkylation sites (N-methyl/N-ethyl adjacent to an activating group) is 1. The van der Waals surface area contributed by atoms with E-state index in [0.29, 0.717) is 22.2 Å². The molecule has 3 rings (SSSR count). The van der Waals surface area contributed by atoms with E-state index in [1.807, 2.05) is 16.8 Å². The van der Waals surface area contributed by atoms with Crippen molar-refractivity contribution in [3.63, 3.8) is 0 Å². The fourth-order valence-corrected chi connectivity index (χ4v) is 4.44. The quantitative estimate of drug-likeness (QED) is 0.554. The van der Waals surface area contributed by atoms with E-state index >= 15 is 0 Å². The van der Waals surface area contributed by atoms with Crippen LogP contribution in [0.4, 0.5) is 4.39 Å². The summed E-state index contributed by atoms with van der Waals surface area (Å²) in [7, 11) is 3.13. The topological polar surface area (TPSA) is 55.8 Å². The van der Waals surface area contributed by atoms with Crippen molar-refractivity contribution in [2.24, 2.45) is 0 Å². The highest BCUT2D eigenvalue weighted by atomic mass is 32.1. The summed E-state index contributed by atoms with van der Waals surface area (Å²) in [5.74, 6) is -1.38. The Morgan fingerprint density at radius 3 is 2.78 bits per heavy atom. The molecule has 0 atom stereocenters. The minimum absolute atomic E-state index is 0.0807. The number of thiophene rings is 2. The highest BCUT2D eigenvalue weighted by Crippen LogP contribution is 2.34. The van der Waals surface area contributed by atoms with Gasteiger partial charge in [-0.3, -0.25) is 4.79 Å². The maximum absolute atomic E-state index is 14.2. The first-order valence-corrected chi connectivity index (χ1v) is 9.88. The van der Waals surface area contributed by atoms with Crippen molar-refractivity contribution in [3.05, 3.63) is 56.8 Å². The number of carbonyl (C=O) groups is 2. The van der Waals surface area contributed by atoms with Crippen molar-refractivity contribution in [3.8, 4) is 0 Å². The Kier molecular flexibility index (Phi) is 6.20. The van der Waals surface area contributed by atoms with Crippen molar-refractivity contribution in [1.29, 1.82) is 0 Å². The predicted molar refractivity (Wildman–Crippen MR) is 104 cm³/mol. The molecule has 1 aromatic carbocycles. The van der Waals surface area contributed by atoms with Gasteiger partial charge in [0.1, 0.15) is 10.7 Å². The molecule has 1 amide bonds. The van der Waals surface area contributed by atoms with Crippen LogP contribution in [0.15, 0.2) is 35.0 Å². The molecule has 0 aliphatic rings. The lowest BCUT2D eigenvalue weighted by molar-refractivity contribution is -0.133. The van der Waals surface area contributed by atoms with E-state index in [1.54, 1.807) is 30.5 Å². The molecule has 0 N–H and O–H groups in total. The average molecular weight is 407 g/mol. The number of ether oxygens (including phenoxy) is 2. The van der Waals surface area contributed by atoms with Gasteiger partial charge in [-0.15, -0.1) is 11.3 Å². The highest BCUT2D eigenvalue weighted by molar-refractivity contribution is 7.21. The molecular weight excluding hydrogens is 389 g/mol. The van der Waals surface area contributed by atoms with Gasteiger partial charge in [0, 0.05) is 36.4 Å². The van der Waals surface area contributed by atoms with E-state index < -0.39 is 11.8 Å². The molecule has 0 unspecified atom stereocenters. The smallest absolute Gasteiger partial charge is 0.349 e. The third-order valence-electron chi connectivity index (χ3n) is 3.99. The molecule has 142 valence electrons. The number of hydrogen-bond donors (Lipinski definition) is 0. The van der Waals surface area contributed by atoms with Crippen LogP contribution in [0.2, 0.25) is 0 Å². The number of carbonyl (C=O) groups excluding carboxylic acids is 2. The Labute approximate surface area is 163 Å². The molecule has 27 heavy (non-hydrogen) atoms. The molecule has 0 saturated heterocycles. The molecule has 2 aromatic heterocycles.